The summed E-state index contributed by atoms with van der Waals surface area (Å²) in [6.45, 7) is 9.14. The van der Waals surface area contributed by atoms with Gasteiger partial charge in [0.15, 0.2) is 0 Å². The van der Waals surface area contributed by atoms with Crippen molar-refractivity contribution in [3.63, 3.8) is 0 Å². The van der Waals surface area contributed by atoms with Crippen LogP contribution in [-0.2, 0) is 0 Å². The van der Waals surface area contributed by atoms with Crippen LogP contribution >= 0.6 is 0 Å². The van der Waals surface area contributed by atoms with Crippen LogP contribution in [0.1, 0.15) is 29.2 Å². The highest BCUT2D eigenvalue weighted by molar-refractivity contribution is 5.48. The lowest BCUT2D eigenvalue weighted by atomic mass is 10.3. The molecule has 2 aromatic rings. The molecule has 0 fully saturated rings. The fraction of sp³-hybridized carbons (Fsp3) is 0.467. The van der Waals surface area contributed by atoms with Crippen LogP contribution in [0.5, 0.6) is 0 Å². The third kappa shape index (κ3) is 3.95. The van der Waals surface area contributed by atoms with E-state index in [2.05, 4.69) is 19.9 Å². The maximum absolute atomic E-state index is 5.64. The molecular formula is C15H22N6. The second kappa shape index (κ2) is 6.58. The minimum atomic E-state index is 0.603. The predicted molar refractivity (Wildman–Crippen MR) is 83.7 cm³/mol. The molecule has 0 aliphatic carbocycles. The molecule has 2 heterocycles. The van der Waals surface area contributed by atoms with Crippen LogP contribution in [0.2, 0.25) is 0 Å². The zero-order valence-electron chi connectivity index (χ0n) is 13.1. The number of aryl methyl sites for hydroxylation is 4. The highest BCUT2D eigenvalue weighted by atomic mass is 15.3. The van der Waals surface area contributed by atoms with Gasteiger partial charge < -0.3 is 5.73 Å². The molecule has 0 spiro atoms. The molecule has 0 saturated heterocycles. The molecule has 6 heteroatoms. The van der Waals surface area contributed by atoms with E-state index in [0.29, 0.717) is 25.0 Å². The third-order valence-corrected chi connectivity index (χ3v) is 3.01. The third-order valence-electron chi connectivity index (χ3n) is 3.01. The predicted octanol–water partition coefficient (Wildman–Crippen LogP) is 1.99. The van der Waals surface area contributed by atoms with Gasteiger partial charge in [0.1, 0.15) is 0 Å². The standard InChI is InChI=1S/C15H22N6/c1-10-8-11(2)18-14(17-10)21(7-5-6-16)15-19-12(3)9-13(4)20-15/h8-9H,5-7,16H2,1-4H3. The molecule has 0 aliphatic rings. The van der Waals surface area contributed by atoms with Crippen molar-refractivity contribution in [2.45, 2.75) is 34.1 Å². The van der Waals surface area contributed by atoms with Gasteiger partial charge in [-0.2, -0.15) is 0 Å². The van der Waals surface area contributed by atoms with Gasteiger partial charge in [-0.15, -0.1) is 0 Å². The molecule has 0 atom stereocenters. The van der Waals surface area contributed by atoms with Gasteiger partial charge in [0.2, 0.25) is 11.9 Å². The van der Waals surface area contributed by atoms with Crippen LogP contribution in [0, 0.1) is 27.7 Å². The van der Waals surface area contributed by atoms with Crippen LogP contribution in [0.25, 0.3) is 0 Å². The summed E-state index contributed by atoms with van der Waals surface area (Å²) in [4.78, 5) is 20.0. The first-order chi connectivity index (χ1) is 9.99. The first kappa shape index (κ1) is 15.3. The first-order valence-corrected chi connectivity index (χ1v) is 7.12. The average molecular weight is 286 g/mol. The van der Waals surface area contributed by atoms with Crippen molar-refractivity contribution < 1.29 is 0 Å². The van der Waals surface area contributed by atoms with Crippen LogP contribution in [-0.4, -0.2) is 33.0 Å². The number of anilines is 2. The number of hydrogen-bond donors (Lipinski definition) is 1. The zero-order chi connectivity index (χ0) is 15.4. The molecule has 0 bridgehead atoms. The Bertz CT molecular complexity index is 534. The first-order valence-electron chi connectivity index (χ1n) is 7.12. The van der Waals surface area contributed by atoms with Crippen molar-refractivity contribution in [3.8, 4) is 0 Å². The van der Waals surface area contributed by atoms with Crippen molar-refractivity contribution in [1.82, 2.24) is 19.9 Å². The number of nitrogens with zero attached hydrogens (tertiary/aromatic N) is 5. The molecule has 2 aromatic heterocycles. The molecular weight excluding hydrogens is 264 g/mol. The van der Waals surface area contributed by atoms with E-state index in [1.807, 2.05) is 44.7 Å². The van der Waals surface area contributed by atoms with Crippen LogP contribution < -0.4 is 10.6 Å². The summed E-state index contributed by atoms with van der Waals surface area (Å²) in [5.74, 6) is 1.26. The van der Waals surface area contributed by atoms with Crippen molar-refractivity contribution in [2.24, 2.45) is 5.73 Å². The summed E-state index contributed by atoms with van der Waals surface area (Å²) in [6, 6.07) is 3.90. The summed E-state index contributed by atoms with van der Waals surface area (Å²) < 4.78 is 0. The minimum absolute atomic E-state index is 0.603. The molecule has 0 saturated carbocycles. The Hall–Kier alpha value is -2.08. The summed E-state index contributed by atoms with van der Waals surface area (Å²) in [6.07, 6.45) is 0.826. The smallest absolute Gasteiger partial charge is 0.232 e. The van der Waals surface area contributed by atoms with Crippen LogP contribution in [0.15, 0.2) is 12.1 Å². The summed E-state index contributed by atoms with van der Waals surface area (Å²) >= 11 is 0. The van der Waals surface area contributed by atoms with Gasteiger partial charge in [-0.25, -0.2) is 19.9 Å². The summed E-state index contributed by atoms with van der Waals surface area (Å²) in [5, 5.41) is 0. The Labute approximate surface area is 125 Å². The lowest BCUT2D eigenvalue weighted by Crippen LogP contribution is -2.25. The molecule has 0 aliphatic heterocycles. The maximum Gasteiger partial charge on any atom is 0.232 e. The van der Waals surface area contributed by atoms with E-state index in [1.54, 1.807) is 0 Å². The fourth-order valence-electron chi connectivity index (χ4n) is 2.19. The van der Waals surface area contributed by atoms with E-state index in [-0.39, 0.29) is 0 Å². The fourth-order valence-corrected chi connectivity index (χ4v) is 2.19. The van der Waals surface area contributed by atoms with Gasteiger partial charge in [-0.3, -0.25) is 4.90 Å². The Morgan fingerprint density at radius 2 is 1.19 bits per heavy atom. The highest BCUT2D eigenvalue weighted by Gasteiger charge is 2.16. The lowest BCUT2D eigenvalue weighted by Gasteiger charge is -2.21. The van der Waals surface area contributed by atoms with Gasteiger partial charge in [0.25, 0.3) is 0 Å². The second-order valence-electron chi connectivity index (χ2n) is 5.20. The SMILES string of the molecule is Cc1cc(C)nc(N(CCCN)c2nc(C)cc(C)n2)n1. The maximum atomic E-state index is 5.64. The molecule has 21 heavy (non-hydrogen) atoms. The van der Waals surface area contributed by atoms with E-state index in [0.717, 1.165) is 29.2 Å². The van der Waals surface area contributed by atoms with Gasteiger partial charge in [-0.05, 0) is 52.8 Å². The number of nitrogens with two attached hydrogens (primary N) is 1. The number of rotatable bonds is 5. The minimum Gasteiger partial charge on any atom is -0.330 e. The van der Waals surface area contributed by atoms with E-state index < -0.39 is 0 Å². The van der Waals surface area contributed by atoms with Gasteiger partial charge in [-0.1, -0.05) is 0 Å². The Kier molecular flexibility index (Phi) is 4.80. The van der Waals surface area contributed by atoms with Crippen molar-refractivity contribution in [3.05, 3.63) is 34.9 Å². The van der Waals surface area contributed by atoms with Crippen LogP contribution in [0.4, 0.5) is 11.9 Å². The van der Waals surface area contributed by atoms with Gasteiger partial charge in [0.05, 0.1) is 0 Å². The van der Waals surface area contributed by atoms with E-state index in [1.165, 1.54) is 0 Å². The molecule has 0 radical (unpaired) electrons. The van der Waals surface area contributed by atoms with Crippen molar-refractivity contribution >= 4 is 11.9 Å². The summed E-state index contributed by atoms with van der Waals surface area (Å²) in [5.41, 5.74) is 9.37. The molecule has 0 aromatic carbocycles. The normalized spacial score (nSPS) is 10.7. The van der Waals surface area contributed by atoms with E-state index in [4.69, 9.17) is 5.73 Å². The Morgan fingerprint density at radius 1 is 0.810 bits per heavy atom. The number of hydrogen-bond acceptors (Lipinski definition) is 6. The van der Waals surface area contributed by atoms with Gasteiger partial charge >= 0.3 is 0 Å². The molecule has 6 nitrogen and oxygen atoms in total. The highest BCUT2D eigenvalue weighted by Crippen LogP contribution is 2.20. The molecule has 0 unspecified atom stereocenters. The topological polar surface area (TPSA) is 80.8 Å². The molecule has 2 N–H and O–H groups in total. The second-order valence-corrected chi connectivity index (χ2v) is 5.20. The summed E-state index contributed by atoms with van der Waals surface area (Å²) in [7, 11) is 0. The quantitative estimate of drug-likeness (QED) is 0.905. The lowest BCUT2D eigenvalue weighted by molar-refractivity contribution is 0.771. The average Bonchev–Trinajstić information content (AvgIpc) is 2.37. The molecule has 112 valence electrons. The van der Waals surface area contributed by atoms with Crippen molar-refractivity contribution in [1.29, 1.82) is 0 Å². The molecule has 0 amide bonds. The largest absolute Gasteiger partial charge is 0.330 e. The van der Waals surface area contributed by atoms with Crippen molar-refractivity contribution in [2.75, 3.05) is 18.0 Å². The van der Waals surface area contributed by atoms with Crippen LogP contribution in [0.3, 0.4) is 0 Å². The molecule has 2 rings (SSSR count). The van der Waals surface area contributed by atoms with E-state index in [9.17, 15) is 0 Å². The van der Waals surface area contributed by atoms with E-state index >= 15 is 0 Å². The van der Waals surface area contributed by atoms with Gasteiger partial charge in [0, 0.05) is 29.3 Å². The Balaban J connectivity index is 2.46. The number of aromatic nitrogens is 4. The monoisotopic (exact) mass is 286 g/mol. The Morgan fingerprint density at radius 3 is 1.52 bits per heavy atom. The zero-order valence-corrected chi connectivity index (χ0v) is 13.1.